The Morgan fingerprint density at radius 2 is 1.93 bits per heavy atom. The van der Waals surface area contributed by atoms with E-state index in [1.165, 1.54) is 0 Å². The van der Waals surface area contributed by atoms with E-state index >= 15 is 0 Å². The number of aliphatic hydroxyl groups is 4. The van der Waals surface area contributed by atoms with Gasteiger partial charge in [-0.1, -0.05) is 44.9 Å². The second-order valence-electron chi connectivity index (χ2n) is 14.2. The molecule has 262 valence electrons. The van der Waals surface area contributed by atoms with E-state index in [9.17, 15) is 25.2 Å². The van der Waals surface area contributed by atoms with Crippen LogP contribution in [0.2, 0.25) is 0 Å². The number of esters is 1. The Hall–Kier alpha value is -1.81. The maximum absolute atomic E-state index is 12.9. The molecule has 3 fully saturated rings. The number of aliphatic hydroxyl groups excluding tert-OH is 2. The van der Waals surface area contributed by atoms with Gasteiger partial charge in [0.1, 0.15) is 12.2 Å². The van der Waals surface area contributed by atoms with Crippen molar-refractivity contribution in [1.82, 2.24) is 9.96 Å². The Labute approximate surface area is 276 Å². The van der Waals surface area contributed by atoms with Gasteiger partial charge >= 0.3 is 5.97 Å². The number of epoxide rings is 1. The number of hydrogen-bond acceptors (Lipinski definition) is 10. The van der Waals surface area contributed by atoms with Crippen LogP contribution in [0.15, 0.2) is 23.8 Å². The first-order valence-electron chi connectivity index (χ1n) is 17.2. The zero-order valence-electron chi connectivity index (χ0n) is 29.2. The lowest BCUT2D eigenvalue weighted by Gasteiger charge is -2.40. The number of allylic oxidation sites excluding steroid dienone is 2. The lowest BCUT2D eigenvalue weighted by atomic mass is 9.85. The highest BCUT2D eigenvalue weighted by atomic mass is 16.7. The summed E-state index contributed by atoms with van der Waals surface area (Å²) < 4.78 is 11.7. The van der Waals surface area contributed by atoms with E-state index in [1.54, 1.807) is 26.0 Å². The molecule has 10 atom stereocenters. The SMILES string of the molecule is CC#CCN1CCN(OC2CCC(C)C(/C(C)=C/C=C/C(C)(O)CC3OC3C(C)C(O)CC)OC(=O)CC(O)CCC2(C)O)CC1. The fourth-order valence-electron chi connectivity index (χ4n) is 6.52. The number of carbonyl (C=O) groups excluding carboxylic acids is 1. The molecule has 0 spiro atoms. The molecule has 0 bridgehead atoms. The minimum Gasteiger partial charge on any atom is -0.457 e. The number of rotatable bonds is 11. The van der Waals surface area contributed by atoms with Gasteiger partial charge in [0.05, 0.1) is 48.6 Å². The smallest absolute Gasteiger partial charge is 0.309 e. The Balaban J connectivity index is 1.67. The van der Waals surface area contributed by atoms with Crippen LogP contribution in [-0.2, 0) is 19.1 Å². The van der Waals surface area contributed by atoms with Crippen LogP contribution in [0.4, 0.5) is 0 Å². The second kappa shape index (κ2) is 17.5. The molecule has 0 saturated carbocycles. The maximum Gasteiger partial charge on any atom is 0.309 e. The molecule has 3 aliphatic rings. The third-order valence-corrected chi connectivity index (χ3v) is 9.87. The summed E-state index contributed by atoms with van der Waals surface area (Å²) >= 11 is 0. The number of carbonyl (C=O) groups is 1. The van der Waals surface area contributed by atoms with Gasteiger partial charge < -0.3 is 29.9 Å². The van der Waals surface area contributed by atoms with Gasteiger partial charge in [0, 0.05) is 38.5 Å². The van der Waals surface area contributed by atoms with Gasteiger partial charge in [-0.2, -0.15) is 5.06 Å². The monoisotopic (exact) mass is 648 g/mol. The summed E-state index contributed by atoms with van der Waals surface area (Å²) in [5, 5.41) is 45.3. The van der Waals surface area contributed by atoms with Gasteiger partial charge in [-0.05, 0) is 71.3 Å². The first kappa shape index (κ1) is 38.6. The molecule has 3 saturated heterocycles. The van der Waals surface area contributed by atoms with Crippen LogP contribution in [0.25, 0.3) is 0 Å². The van der Waals surface area contributed by atoms with E-state index in [4.69, 9.17) is 14.3 Å². The van der Waals surface area contributed by atoms with E-state index in [0.29, 0.717) is 45.2 Å². The summed E-state index contributed by atoms with van der Waals surface area (Å²) in [6, 6.07) is 0. The van der Waals surface area contributed by atoms with Crippen LogP contribution in [0, 0.1) is 23.7 Å². The van der Waals surface area contributed by atoms with E-state index in [0.717, 1.165) is 25.2 Å². The lowest BCUT2D eigenvalue weighted by Crippen LogP contribution is -2.51. The molecule has 0 amide bonds. The molecular weight excluding hydrogens is 588 g/mol. The molecule has 0 radical (unpaired) electrons. The summed E-state index contributed by atoms with van der Waals surface area (Å²) in [5.74, 6) is 5.50. The average Bonchev–Trinajstić information content (AvgIpc) is 3.76. The maximum atomic E-state index is 12.9. The summed E-state index contributed by atoms with van der Waals surface area (Å²) in [5.41, 5.74) is -1.49. The molecule has 10 unspecified atom stereocenters. The molecule has 4 N–H and O–H groups in total. The van der Waals surface area contributed by atoms with Crippen LogP contribution >= 0.6 is 0 Å². The van der Waals surface area contributed by atoms with E-state index < -0.39 is 41.6 Å². The molecule has 3 rings (SSSR count). The molecule has 10 heteroatoms. The van der Waals surface area contributed by atoms with E-state index in [-0.39, 0.29) is 36.9 Å². The van der Waals surface area contributed by atoms with Crippen molar-refractivity contribution in [3.8, 4) is 11.8 Å². The van der Waals surface area contributed by atoms with Crippen molar-refractivity contribution in [3.63, 3.8) is 0 Å². The largest absolute Gasteiger partial charge is 0.457 e. The van der Waals surface area contributed by atoms with E-state index in [1.807, 2.05) is 45.8 Å². The normalized spacial score (nSPS) is 35.2. The minimum absolute atomic E-state index is 0.0116. The average molecular weight is 649 g/mol. The van der Waals surface area contributed by atoms with Crippen LogP contribution in [0.5, 0.6) is 0 Å². The third kappa shape index (κ3) is 12.0. The highest BCUT2D eigenvalue weighted by molar-refractivity contribution is 5.70. The molecule has 10 nitrogen and oxygen atoms in total. The Morgan fingerprint density at radius 3 is 2.59 bits per heavy atom. The van der Waals surface area contributed by atoms with Crippen LogP contribution in [0.1, 0.15) is 93.4 Å². The molecule has 0 aliphatic carbocycles. The van der Waals surface area contributed by atoms with Gasteiger partial charge in [0.15, 0.2) is 0 Å². The summed E-state index contributed by atoms with van der Waals surface area (Å²) in [7, 11) is 0. The molecule has 0 aromatic rings. The summed E-state index contributed by atoms with van der Waals surface area (Å²) in [4.78, 5) is 21.6. The van der Waals surface area contributed by atoms with Crippen molar-refractivity contribution in [2.75, 3.05) is 32.7 Å². The molecule has 3 heterocycles. The van der Waals surface area contributed by atoms with Gasteiger partial charge in [0.25, 0.3) is 0 Å². The Kier molecular flexibility index (Phi) is 14.7. The number of ether oxygens (including phenoxy) is 2. The highest BCUT2D eigenvalue weighted by Gasteiger charge is 2.47. The van der Waals surface area contributed by atoms with Gasteiger partial charge in [-0.3, -0.25) is 14.5 Å². The third-order valence-electron chi connectivity index (χ3n) is 9.87. The van der Waals surface area contributed by atoms with E-state index in [2.05, 4.69) is 16.7 Å². The van der Waals surface area contributed by atoms with Crippen LogP contribution in [-0.4, -0.2) is 117 Å². The zero-order valence-corrected chi connectivity index (χ0v) is 29.2. The standard InChI is InChI=1S/C36H60N2O8/c1-8-10-18-37-19-21-38(22-20-37)46-31-14-13-26(4)33(45-32(41)23-28(39)15-17-36(31,7)43)25(3)12-11-16-35(6,42)24-30-34(44-30)27(5)29(40)9-2/h11-12,16,26-31,33-34,39-40,42-43H,9,13-15,17-24H2,1-7H3/b16-11+,25-12+. The predicted octanol–water partition coefficient (Wildman–Crippen LogP) is 3.37. The number of hydrogen-bond donors (Lipinski definition) is 4. The van der Waals surface area contributed by atoms with Crippen LogP contribution < -0.4 is 0 Å². The fourth-order valence-corrected chi connectivity index (χ4v) is 6.52. The quantitative estimate of drug-likeness (QED) is 0.114. The fraction of sp³-hybridized carbons (Fsp3) is 0.806. The molecule has 3 aliphatic heterocycles. The van der Waals surface area contributed by atoms with Crippen molar-refractivity contribution in [2.45, 2.75) is 141 Å². The number of piperazine rings is 1. The number of cyclic esters (lactones) is 1. The Bertz CT molecular complexity index is 1090. The molecule has 46 heavy (non-hydrogen) atoms. The van der Waals surface area contributed by atoms with Gasteiger partial charge in [-0.15, -0.1) is 5.92 Å². The van der Waals surface area contributed by atoms with Crippen LogP contribution in [0.3, 0.4) is 0 Å². The first-order valence-corrected chi connectivity index (χ1v) is 17.2. The first-order chi connectivity index (χ1) is 21.7. The van der Waals surface area contributed by atoms with Gasteiger partial charge in [-0.25, -0.2) is 0 Å². The number of hydroxylamine groups is 2. The van der Waals surface area contributed by atoms with Gasteiger partial charge in [0.2, 0.25) is 0 Å². The summed E-state index contributed by atoms with van der Waals surface area (Å²) in [6.45, 7) is 17.0. The zero-order chi connectivity index (χ0) is 34.1. The summed E-state index contributed by atoms with van der Waals surface area (Å²) in [6.07, 6.45) is 5.45. The van der Waals surface area contributed by atoms with Crippen molar-refractivity contribution in [3.05, 3.63) is 23.8 Å². The van der Waals surface area contributed by atoms with Crippen molar-refractivity contribution >= 4 is 5.97 Å². The molecule has 0 aromatic heterocycles. The number of nitrogens with zero attached hydrogens (tertiary/aromatic N) is 2. The minimum atomic E-state index is -1.19. The highest BCUT2D eigenvalue weighted by Crippen LogP contribution is 2.38. The van der Waals surface area contributed by atoms with Crippen molar-refractivity contribution in [1.29, 1.82) is 0 Å². The lowest BCUT2D eigenvalue weighted by molar-refractivity contribution is -0.257. The molecular formula is C36H60N2O8. The predicted molar refractivity (Wildman–Crippen MR) is 177 cm³/mol. The molecule has 0 aromatic carbocycles. The topological polar surface area (TPSA) is 135 Å². The van der Waals surface area contributed by atoms with Crippen molar-refractivity contribution in [2.24, 2.45) is 11.8 Å². The Morgan fingerprint density at radius 1 is 1.24 bits per heavy atom. The second-order valence-corrected chi connectivity index (χ2v) is 14.2. The van der Waals surface area contributed by atoms with Crippen molar-refractivity contribution < 1.29 is 39.5 Å².